The summed E-state index contributed by atoms with van der Waals surface area (Å²) in [6.07, 6.45) is 1.39. The van der Waals surface area contributed by atoms with E-state index in [1.807, 2.05) is 50.6 Å². The average Bonchev–Trinajstić information content (AvgIpc) is 2.31. The van der Waals surface area contributed by atoms with Crippen LogP contribution in [0.2, 0.25) is 0 Å². The molecular formula is C14H22NO2W-. The molecule has 1 N–H and O–H groups in total. The smallest absolute Gasteiger partial charge is 0.219 e. The van der Waals surface area contributed by atoms with Crippen molar-refractivity contribution in [3.8, 4) is 0 Å². The number of carbonyl (C=O) groups excluding carboxylic acids is 1. The summed E-state index contributed by atoms with van der Waals surface area (Å²) >= 11 is 0. The maximum atomic E-state index is 10.9. The Morgan fingerprint density at radius 3 is 2.17 bits per heavy atom. The predicted octanol–water partition coefficient (Wildman–Crippen LogP) is 2.43. The molecule has 1 aromatic carbocycles. The van der Waals surface area contributed by atoms with Gasteiger partial charge in [0.25, 0.3) is 0 Å². The van der Waals surface area contributed by atoms with Gasteiger partial charge in [0, 0.05) is 35.0 Å². The van der Waals surface area contributed by atoms with Gasteiger partial charge in [-0.15, -0.1) is 0 Å². The Morgan fingerprint density at radius 2 is 1.78 bits per heavy atom. The summed E-state index contributed by atoms with van der Waals surface area (Å²) in [6, 6.07) is 9.32. The SMILES string of the molecule is CC(=O)N(C)CC(O)c1ccccc1.C[CH-]C.[W]. The van der Waals surface area contributed by atoms with Crippen molar-refractivity contribution in [2.75, 3.05) is 13.6 Å². The fraction of sp³-hybridized carbons (Fsp3) is 0.429. The van der Waals surface area contributed by atoms with Gasteiger partial charge >= 0.3 is 0 Å². The Balaban J connectivity index is 0. The molecule has 102 valence electrons. The Bertz CT molecular complexity index is 317. The summed E-state index contributed by atoms with van der Waals surface area (Å²) in [5, 5.41) is 9.75. The molecule has 1 unspecified atom stereocenters. The van der Waals surface area contributed by atoms with E-state index in [-0.39, 0.29) is 27.0 Å². The summed E-state index contributed by atoms with van der Waals surface area (Å²) in [6.45, 7) is 5.82. The summed E-state index contributed by atoms with van der Waals surface area (Å²) in [7, 11) is 1.68. The number of nitrogens with zero attached hydrogens (tertiary/aromatic N) is 1. The molecule has 1 rings (SSSR count). The first-order valence-electron chi connectivity index (χ1n) is 5.71. The molecule has 0 radical (unpaired) electrons. The van der Waals surface area contributed by atoms with Gasteiger partial charge in [-0.05, 0) is 5.56 Å². The summed E-state index contributed by atoms with van der Waals surface area (Å²) in [4.78, 5) is 12.4. The van der Waals surface area contributed by atoms with Crippen LogP contribution in [0.4, 0.5) is 0 Å². The second-order valence-electron chi connectivity index (χ2n) is 3.90. The van der Waals surface area contributed by atoms with Gasteiger partial charge in [0.1, 0.15) is 0 Å². The first kappa shape index (κ1) is 19.7. The molecule has 4 heteroatoms. The number of carbonyl (C=O) groups is 1. The third kappa shape index (κ3) is 8.43. The average molecular weight is 420 g/mol. The number of aliphatic hydroxyl groups excluding tert-OH is 1. The Labute approximate surface area is 124 Å². The normalized spacial score (nSPS) is 10.5. The minimum atomic E-state index is -0.606. The minimum absolute atomic E-state index is 0. The molecule has 1 atom stereocenters. The van der Waals surface area contributed by atoms with Gasteiger partial charge < -0.3 is 16.4 Å². The molecule has 0 saturated carbocycles. The Hall–Kier alpha value is -0.662. The molecule has 0 fully saturated rings. The molecule has 0 aliphatic heterocycles. The molecule has 0 aromatic heterocycles. The van der Waals surface area contributed by atoms with Gasteiger partial charge in [-0.2, -0.15) is 13.8 Å². The third-order valence-corrected chi connectivity index (χ3v) is 2.17. The van der Waals surface area contributed by atoms with E-state index < -0.39 is 6.10 Å². The molecule has 3 nitrogen and oxygen atoms in total. The molecule has 0 aliphatic carbocycles. The summed E-state index contributed by atoms with van der Waals surface area (Å²) < 4.78 is 0. The van der Waals surface area contributed by atoms with Crippen LogP contribution >= 0.6 is 0 Å². The van der Waals surface area contributed by atoms with Crippen molar-refractivity contribution < 1.29 is 31.0 Å². The van der Waals surface area contributed by atoms with Crippen LogP contribution in [0.1, 0.15) is 32.4 Å². The van der Waals surface area contributed by atoms with E-state index in [1.54, 1.807) is 7.05 Å². The number of benzene rings is 1. The van der Waals surface area contributed by atoms with Crippen LogP contribution in [0, 0.1) is 6.42 Å². The topological polar surface area (TPSA) is 40.5 Å². The fourth-order valence-corrected chi connectivity index (χ4v) is 1.17. The van der Waals surface area contributed by atoms with Crippen molar-refractivity contribution in [3.63, 3.8) is 0 Å². The van der Waals surface area contributed by atoms with Gasteiger partial charge in [0.15, 0.2) is 0 Å². The zero-order valence-corrected chi connectivity index (χ0v) is 14.4. The molecule has 0 spiro atoms. The van der Waals surface area contributed by atoms with Crippen LogP contribution in [-0.2, 0) is 25.9 Å². The van der Waals surface area contributed by atoms with Crippen LogP contribution in [0.25, 0.3) is 0 Å². The first-order chi connectivity index (χ1) is 8.02. The van der Waals surface area contributed by atoms with E-state index in [4.69, 9.17) is 0 Å². The van der Waals surface area contributed by atoms with Crippen molar-refractivity contribution in [2.24, 2.45) is 0 Å². The van der Waals surface area contributed by atoms with Gasteiger partial charge in [-0.3, -0.25) is 4.79 Å². The zero-order chi connectivity index (χ0) is 13.3. The van der Waals surface area contributed by atoms with Crippen molar-refractivity contribution in [2.45, 2.75) is 26.9 Å². The van der Waals surface area contributed by atoms with Gasteiger partial charge in [-0.1, -0.05) is 30.3 Å². The summed E-state index contributed by atoms with van der Waals surface area (Å²) in [5.41, 5.74) is 0.834. The maximum absolute atomic E-state index is 10.9. The molecule has 0 heterocycles. The van der Waals surface area contributed by atoms with E-state index in [2.05, 4.69) is 0 Å². The van der Waals surface area contributed by atoms with Crippen molar-refractivity contribution in [3.05, 3.63) is 42.3 Å². The number of hydrogen-bond donors (Lipinski definition) is 1. The molecule has 0 aliphatic rings. The van der Waals surface area contributed by atoms with Crippen LogP contribution < -0.4 is 0 Å². The summed E-state index contributed by atoms with van der Waals surface area (Å²) in [5.74, 6) is -0.0417. The quantitative estimate of drug-likeness (QED) is 0.764. The first-order valence-corrected chi connectivity index (χ1v) is 5.71. The van der Waals surface area contributed by atoms with E-state index in [9.17, 15) is 9.90 Å². The van der Waals surface area contributed by atoms with Gasteiger partial charge in [0.2, 0.25) is 5.91 Å². The maximum Gasteiger partial charge on any atom is 0.219 e. The second-order valence-corrected chi connectivity index (χ2v) is 3.90. The van der Waals surface area contributed by atoms with E-state index in [0.29, 0.717) is 6.54 Å². The zero-order valence-electron chi connectivity index (χ0n) is 11.5. The minimum Gasteiger partial charge on any atom is -0.387 e. The number of rotatable bonds is 3. The van der Waals surface area contributed by atoms with Crippen molar-refractivity contribution in [1.29, 1.82) is 0 Å². The van der Waals surface area contributed by atoms with Gasteiger partial charge in [0.05, 0.1) is 12.6 Å². The fourth-order valence-electron chi connectivity index (χ4n) is 1.17. The Morgan fingerprint density at radius 1 is 1.33 bits per heavy atom. The molecule has 1 amide bonds. The standard InChI is InChI=1S/C11H15NO2.C3H7.W/c1-9(13)12(2)8-11(14)10-6-4-3-5-7-10;1-3-2;/h3-7,11,14H,8H2,1-2H3;3H,1-2H3;/q;-1;. The number of hydrogen-bond acceptors (Lipinski definition) is 2. The third-order valence-electron chi connectivity index (χ3n) is 2.17. The van der Waals surface area contributed by atoms with Gasteiger partial charge in [-0.25, -0.2) is 0 Å². The second kappa shape index (κ2) is 11.4. The molecule has 0 bridgehead atoms. The molecule has 18 heavy (non-hydrogen) atoms. The molecule has 0 saturated heterocycles. The number of likely N-dealkylation sites (N-methyl/N-ethyl adjacent to an activating group) is 1. The van der Waals surface area contributed by atoms with Crippen LogP contribution in [0.3, 0.4) is 0 Å². The van der Waals surface area contributed by atoms with Crippen molar-refractivity contribution in [1.82, 2.24) is 4.90 Å². The van der Waals surface area contributed by atoms with E-state index >= 15 is 0 Å². The van der Waals surface area contributed by atoms with Crippen molar-refractivity contribution >= 4 is 5.91 Å². The number of aliphatic hydroxyl groups is 1. The largest absolute Gasteiger partial charge is 0.387 e. The number of amides is 1. The monoisotopic (exact) mass is 420 g/mol. The predicted molar refractivity (Wildman–Crippen MR) is 70.4 cm³/mol. The van der Waals surface area contributed by atoms with Crippen LogP contribution in [0.5, 0.6) is 0 Å². The van der Waals surface area contributed by atoms with Crippen LogP contribution in [-0.4, -0.2) is 29.5 Å². The Kier molecular flexibility index (Phi) is 12.5. The van der Waals surface area contributed by atoms with Crippen LogP contribution in [0.15, 0.2) is 30.3 Å². The molecule has 1 aromatic rings. The molecular weight excluding hydrogens is 398 g/mol. The van der Waals surface area contributed by atoms with E-state index in [0.717, 1.165) is 5.56 Å². The van der Waals surface area contributed by atoms with E-state index in [1.165, 1.54) is 11.8 Å².